The van der Waals surface area contributed by atoms with Crippen LogP contribution in [0.5, 0.6) is 5.75 Å². The normalized spacial score (nSPS) is 28.0. The summed E-state index contributed by atoms with van der Waals surface area (Å²) in [7, 11) is 0. The average molecular weight is 386 g/mol. The number of hydrogen-bond donors (Lipinski definition) is 2. The molecular formula is C19H25Cl2NO3. The number of fused-ring (bicyclic) bond motifs is 3. The molecule has 25 heavy (non-hydrogen) atoms. The minimum absolute atomic E-state index is 0.0473. The maximum absolute atomic E-state index is 12.3. The van der Waals surface area contributed by atoms with Crippen LogP contribution in [0.25, 0.3) is 0 Å². The van der Waals surface area contributed by atoms with Gasteiger partial charge in [0.05, 0.1) is 11.6 Å². The summed E-state index contributed by atoms with van der Waals surface area (Å²) in [5.41, 5.74) is 0.0759. The quantitative estimate of drug-likeness (QED) is 0.685. The summed E-state index contributed by atoms with van der Waals surface area (Å²) in [4.78, 5) is 12.3. The Kier molecular flexibility index (Phi) is 5.81. The second-order valence-corrected chi connectivity index (χ2v) is 8.36. The fourth-order valence-electron chi connectivity index (χ4n) is 4.05. The van der Waals surface area contributed by atoms with Gasteiger partial charge in [0.15, 0.2) is 0 Å². The second-order valence-electron chi connectivity index (χ2n) is 7.51. The van der Waals surface area contributed by atoms with Gasteiger partial charge in [0.1, 0.15) is 5.75 Å². The van der Waals surface area contributed by atoms with E-state index >= 15 is 0 Å². The van der Waals surface area contributed by atoms with Crippen LogP contribution in [-0.4, -0.2) is 29.8 Å². The van der Waals surface area contributed by atoms with Crippen LogP contribution in [0.15, 0.2) is 18.2 Å². The SMILES string of the molecule is O=C(CCCOc1ccc(Cl)cc1Cl)NC12CCC(CO)(CC1)CC2. The molecule has 0 spiro atoms. The summed E-state index contributed by atoms with van der Waals surface area (Å²) in [6.07, 6.45) is 7.08. The summed E-state index contributed by atoms with van der Waals surface area (Å²) in [5.74, 6) is 0.675. The molecule has 3 aliphatic rings. The summed E-state index contributed by atoms with van der Waals surface area (Å²) in [6.45, 7) is 0.719. The van der Waals surface area contributed by atoms with Crippen LogP contribution in [0.4, 0.5) is 0 Å². The maximum Gasteiger partial charge on any atom is 0.220 e. The van der Waals surface area contributed by atoms with E-state index in [-0.39, 0.29) is 23.5 Å². The van der Waals surface area contributed by atoms with Crippen LogP contribution in [0.3, 0.4) is 0 Å². The lowest BCUT2D eigenvalue weighted by Crippen LogP contribution is -2.57. The van der Waals surface area contributed by atoms with E-state index < -0.39 is 0 Å². The van der Waals surface area contributed by atoms with E-state index in [0.29, 0.717) is 35.2 Å². The molecule has 0 unspecified atom stereocenters. The molecule has 138 valence electrons. The Morgan fingerprint density at radius 1 is 1.16 bits per heavy atom. The third kappa shape index (κ3) is 4.42. The third-order valence-corrected chi connectivity index (χ3v) is 6.37. The third-order valence-electron chi connectivity index (χ3n) is 5.84. The van der Waals surface area contributed by atoms with E-state index in [1.165, 1.54) is 0 Å². The number of benzene rings is 1. The monoisotopic (exact) mass is 385 g/mol. The molecule has 0 saturated heterocycles. The van der Waals surface area contributed by atoms with Crippen molar-refractivity contribution in [2.75, 3.05) is 13.2 Å². The Balaban J connectivity index is 1.40. The van der Waals surface area contributed by atoms with Gasteiger partial charge in [-0.1, -0.05) is 23.2 Å². The molecule has 1 amide bonds. The number of amides is 1. The second kappa shape index (κ2) is 7.73. The molecule has 2 bridgehead atoms. The smallest absolute Gasteiger partial charge is 0.220 e. The molecule has 4 nitrogen and oxygen atoms in total. The fraction of sp³-hybridized carbons (Fsp3) is 0.632. The van der Waals surface area contributed by atoms with Gasteiger partial charge < -0.3 is 15.2 Å². The highest BCUT2D eigenvalue weighted by Crippen LogP contribution is 2.51. The first kappa shape index (κ1) is 18.8. The van der Waals surface area contributed by atoms with Gasteiger partial charge in [-0.25, -0.2) is 0 Å². The topological polar surface area (TPSA) is 58.6 Å². The van der Waals surface area contributed by atoms with Crippen LogP contribution in [0.2, 0.25) is 10.0 Å². The molecule has 0 radical (unpaired) electrons. The number of nitrogens with one attached hydrogen (secondary N) is 1. The minimum Gasteiger partial charge on any atom is -0.492 e. The molecule has 3 saturated carbocycles. The van der Waals surface area contributed by atoms with Crippen LogP contribution in [0.1, 0.15) is 51.4 Å². The molecule has 0 heterocycles. The van der Waals surface area contributed by atoms with Crippen LogP contribution in [0, 0.1) is 5.41 Å². The standard InChI is InChI=1S/C19H25Cl2NO3/c20-14-3-4-16(15(21)12-14)25-11-1-2-17(24)22-19-8-5-18(13-23,6-9-19)7-10-19/h3-4,12,23H,1-2,5-11,13H2,(H,22,24). The van der Waals surface area contributed by atoms with Crippen molar-refractivity contribution in [2.24, 2.45) is 5.41 Å². The van der Waals surface area contributed by atoms with Crippen molar-refractivity contribution in [3.05, 3.63) is 28.2 Å². The molecule has 3 aliphatic carbocycles. The van der Waals surface area contributed by atoms with Crippen molar-refractivity contribution < 1.29 is 14.6 Å². The van der Waals surface area contributed by atoms with Gasteiger partial charge in [0.2, 0.25) is 5.91 Å². The van der Waals surface area contributed by atoms with Crippen LogP contribution >= 0.6 is 23.2 Å². The van der Waals surface area contributed by atoms with Crippen molar-refractivity contribution in [3.63, 3.8) is 0 Å². The summed E-state index contributed by atoms with van der Waals surface area (Å²) in [6, 6.07) is 5.11. The largest absolute Gasteiger partial charge is 0.492 e. The number of carbonyl (C=O) groups excluding carboxylic acids is 1. The first-order valence-electron chi connectivity index (χ1n) is 8.96. The van der Waals surface area contributed by atoms with E-state index in [2.05, 4.69) is 5.32 Å². The molecule has 0 aromatic heterocycles. The highest BCUT2D eigenvalue weighted by atomic mass is 35.5. The number of halogens is 2. The Hall–Kier alpha value is -0.970. The van der Waals surface area contributed by atoms with E-state index in [0.717, 1.165) is 38.5 Å². The van der Waals surface area contributed by atoms with Crippen molar-refractivity contribution in [3.8, 4) is 5.75 Å². The fourth-order valence-corrected chi connectivity index (χ4v) is 4.52. The van der Waals surface area contributed by atoms with Gasteiger partial charge in [0.25, 0.3) is 0 Å². The first-order valence-corrected chi connectivity index (χ1v) is 9.71. The predicted octanol–water partition coefficient (Wildman–Crippen LogP) is 4.35. The highest BCUT2D eigenvalue weighted by molar-refractivity contribution is 6.35. The van der Waals surface area contributed by atoms with Crippen LogP contribution in [-0.2, 0) is 4.79 Å². The van der Waals surface area contributed by atoms with Crippen molar-refractivity contribution in [2.45, 2.75) is 56.9 Å². The lowest BCUT2D eigenvalue weighted by Gasteiger charge is -2.53. The maximum atomic E-state index is 12.3. The molecular weight excluding hydrogens is 361 g/mol. The lowest BCUT2D eigenvalue weighted by molar-refractivity contribution is -0.126. The number of hydrogen-bond acceptors (Lipinski definition) is 3. The number of ether oxygens (including phenoxy) is 1. The zero-order valence-corrected chi connectivity index (χ0v) is 15.8. The Labute approximate surface area is 158 Å². The van der Waals surface area contributed by atoms with Gasteiger partial charge in [0, 0.05) is 23.6 Å². The summed E-state index contributed by atoms with van der Waals surface area (Å²) >= 11 is 11.9. The van der Waals surface area contributed by atoms with Crippen LogP contribution < -0.4 is 10.1 Å². The molecule has 4 rings (SSSR count). The Morgan fingerprint density at radius 3 is 2.44 bits per heavy atom. The zero-order valence-electron chi connectivity index (χ0n) is 14.3. The first-order chi connectivity index (χ1) is 12.0. The minimum atomic E-state index is -0.0473. The molecule has 6 heteroatoms. The lowest BCUT2D eigenvalue weighted by atomic mass is 9.57. The average Bonchev–Trinajstić information content (AvgIpc) is 2.61. The molecule has 1 aromatic rings. The molecule has 0 atom stereocenters. The zero-order chi connectivity index (χ0) is 17.9. The molecule has 3 fully saturated rings. The molecule has 2 N–H and O–H groups in total. The predicted molar refractivity (Wildman–Crippen MR) is 99.3 cm³/mol. The summed E-state index contributed by atoms with van der Waals surface area (Å²) < 4.78 is 5.62. The van der Waals surface area contributed by atoms with Gasteiger partial charge in [-0.05, 0) is 68.6 Å². The van der Waals surface area contributed by atoms with Gasteiger partial charge in [-0.2, -0.15) is 0 Å². The van der Waals surface area contributed by atoms with E-state index in [9.17, 15) is 9.90 Å². The Bertz CT molecular complexity index is 611. The number of aliphatic hydroxyl groups is 1. The van der Waals surface area contributed by atoms with E-state index in [1.807, 2.05) is 0 Å². The van der Waals surface area contributed by atoms with Gasteiger partial charge in [-0.3, -0.25) is 4.79 Å². The number of rotatable bonds is 7. The Morgan fingerprint density at radius 2 is 1.84 bits per heavy atom. The summed E-state index contributed by atoms with van der Waals surface area (Å²) in [5, 5.41) is 13.9. The van der Waals surface area contributed by atoms with Gasteiger partial charge in [-0.15, -0.1) is 0 Å². The molecule has 0 aliphatic heterocycles. The number of aliphatic hydroxyl groups excluding tert-OH is 1. The van der Waals surface area contributed by atoms with Crippen molar-refractivity contribution >= 4 is 29.1 Å². The van der Waals surface area contributed by atoms with Crippen molar-refractivity contribution in [1.82, 2.24) is 5.32 Å². The van der Waals surface area contributed by atoms with Gasteiger partial charge >= 0.3 is 0 Å². The van der Waals surface area contributed by atoms with Crippen molar-refractivity contribution in [1.29, 1.82) is 0 Å². The van der Waals surface area contributed by atoms with E-state index in [1.54, 1.807) is 18.2 Å². The highest BCUT2D eigenvalue weighted by Gasteiger charge is 2.48. The molecule has 1 aromatic carbocycles. The number of carbonyl (C=O) groups is 1. The van der Waals surface area contributed by atoms with E-state index in [4.69, 9.17) is 27.9 Å².